The van der Waals surface area contributed by atoms with Crippen LogP contribution in [-0.2, 0) is 4.79 Å². The zero-order chi connectivity index (χ0) is 13.4. The number of rotatable bonds is 3. The summed E-state index contributed by atoms with van der Waals surface area (Å²) in [6.07, 6.45) is 3.69. The van der Waals surface area contributed by atoms with Crippen molar-refractivity contribution in [1.82, 2.24) is 4.90 Å². The fourth-order valence-electron chi connectivity index (χ4n) is 3.23. The predicted molar refractivity (Wildman–Crippen MR) is 72.8 cm³/mol. The number of ketones is 2. The Morgan fingerprint density at radius 2 is 1.95 bits per heavy atom. The lowest BCUT2D eigenvalue weighted by Crippen LogP contribution is -2.32. The first kappa shape index (κ1) is 12.2. The standard InChI is InChI=1S/C16H17NO2/c1-11(18)13-9-10-17-14(13)7-8-15(17)16(19)12-5-3-2-4-6-12/h2-6,8,13-14H,7,9-10H2,1H3. The van der Waals surface area contributed by atoms with Gasteiger partial charge in [-0.2, -0.15) is 0 Å². The van der Waals surface area contributed by atoms with Crippen molar-refractivity contribution in [2.24, 2.45) is 5.92 Å². The van der Waals surface area contributed by atoms with Crippen LogP contribution in [-0.4, -0.2) is 29.1 Å². The Bertz CT molecular complexity index is 547. The molecule has 1 saturated heterocycles. The van der Waals surface area contributed by atoms with Gasteiger partial charge in [0.05, 0.1) is 5.70 Å². The Kier molecular flexibility index (Phi) is 2.97. The first-order chi connectivity index (χ1) is 9.18. The van der Waals surface area contributed by atoms with Gasteiger partial charge in [-0.05, 0) is 19.8 Å². The van der Waals surface area contributed by atoms with E-state index >= 15 is 0 Å². The summed E-state index contributed by atoms with van der Waals surface area (Å²) in [5, 5.41) is 0. The molecular formula is C16H17NO2. The zero-order valence-electron chi connectivity index (χ0n) is 11.0. The smallest absolute Gasteiger partial charge is 0.208 e. The van der Waals surface area contributed by atoms with Crippen molar-refractivity contribution in [3.63, 3.8) is 0 Å². The fraction of sp³-hybridized carbons (Fsp3) is 0.375. The molecule has 0 spiro atoms. The van der Waals surface area contributed by atoms with E-state index in [1.807, 2.05) is 36.4 Å². The van der Waals surface area contributed by atoms with E-state index < -0.39 is 0 Å². The molecule has 1 fully saturated rings. The van der Waals surface area contributed by atoms with Gasteiger partial charge in [-0.3, -0.25) is 9.59 Å². The Balaban J connectivity index is 1.82. The van der Waals surface area contributed by atoms with E-state index in [0.29, 0.717) is 0 Å². The van der Waals surface area contributed by atoms with Crippen molar-refractivity contribution in [2.45, 2.75) is 25.8 Å². The summed E-state index contributed by atoms with van der Waals surface area (Å²) in [7, 11) is 0. The molecule has 0 aromatic heterocycles. The van der Waals surface area contributed by atoms with Crippen LogP contribution in [0.1, 0.15) is 30.1 Å². The van der Waals surface area contributed by atoms with E-state index in [0.717, 1.165) is 30.6 Å². The average Bonchev–Trinajstić information content (AvgIpc) is 2.99. The van der Waals surface area contributed by atoms with Crippen molar-refractivity contribution < 1.29 is 9.59 Å². The SMILES string of the molecule is CC(=O)C1CCN2C(C(=O)c3ccccc3)=CCC12. The van der Waals surface area contributed by atoms with Crippen LogP contribution in [0.25, 0.3) is 0 Å². The lowest BCUT2D eigenvalue weighted by molar-refractivity contribution is -0.121. The van der Waals surface area contributed by atoms with Crippen molar-refractivity contribution in [3.8, 4) is 0 Å². The van der Waals surface area contributed by atoms with Gasteiger partial charge < -0.3 is 4.90 Å². The number of Topliss-reactive ketones (excluding diaryl/α,β-unsaturated/α-hetero) is 2. The molecule has 2 aliphatic heterocycles. The van der Waals surface area contributed by atoms with E-state index in [1.54, 1.807) is 6.92 Å². The van der Waals surface area contributed by atoms with E-state index in [9.17, 15) is 9.59 Å². The van der Waals surface area contributed by atoms with Gasteiger partial charge in [0.1, 0.15) is 5.78 Å². The number of allylic oxidation sites excluding steroid dienone is 1. The topological polar surface area (TPSA) is 37.4 Å². The molecule has 0 bridgehead atoms. The summed E-state index contributed by atoms with van der Waals surface area (Å²) >= 11 is 0. The number of nitrogens with zero attached hydrogens (tertiary/aromatic N) is 1. The number of hydrogen-bond acceptors (Lipinski definition) is 3. The lowest BCUT2D eigenvalue weighted by atomic mass is 9.95. The maximum Gasteiger partial charge on any atom is 0.208 e. The van der Waals surface area contributed by atoms with Gasteiger partial charge in [-0.25, -0.2) is 0 Å². The lowest BCUT2D eigenvalue weighted by Gasteiger charge is -2.23. The summed E-state index contributed by atoms with van der Waals surface area (Å²) in [5.74, 6) is 0.416. The Morgan fingerprint density at radius 3 is 2.63 bits per heavy atom. The molecular weight excluding hydrogens is 238 g/mol. The third-order valence-corrected chi connectivity index (χ3v) is 4.20. The second-order valence-corrected chi connectivity index (χ2v) is 5.29. The molecule has 3 heteroatoms. The molecule has 0 N–H and O–H groups in total. The average molecular weight is 255 g/mol. The maximum atomic E-state index is 12.5. The van der Waals surface area contributed by atoms with Gasteiger partial charge in [-0.1, -0.05) is 36.4 Å². The highest BCUT2D eigenvalue weighted by molar-refractivity contribution is 6.08. The van der Waals surface area contributed by atoms with Gasteiger partial charge in [0.25, 0.3) is 0 Å². The van der Waals surface area contributed by atoms with Crippen LogP contribution in [0.3, 0.4) is 0 Å². The number of fused-ring (bicyclic) bond motifs is 1. The van der Waals surface area contributed by atoms with Gasteiger partial charge in [0, 0.05) is 24.1 Å². The van der Waals surface area contributed by atoms with Gasteiger partial charge in [0.15, 0.2) is 0 Å². The minimum atomic E-state index is 0.0762. The van der Waals surface area contributed by atoms with Crippen LogP contribution in [0.2, 0.25) is 0 Å². The highest BCUT2D eigenvalue weighted by Gasteiger charge is 2.41. The number of carbonyl (C=O) groups excluding carboxylic acids is 2. The molecule has 1 aromatic carbocycles. The van der Waals surface area contributed by atoms with Crippen molar-refractivity contribution in [3.05, 3.63) is 47.7 Å². The number of carbonyl (C=O) groups is 2. The third kappa shape index (κ3) is 1.99. The second kappa shape index (κ2) is 4.65. The molecule has 2 unspecified atom stereocenters. The molecule has 19 heavy (non-hydrogen) atoms. The van der Waals surface area contributed by atoms with E-state index in [2.05, 4.69) is 4.90 Å². The van der Waals surface area contributed by atoms with Crippen LogP contribution in [0.15, 0.2) is 42.1 Å². The first-order valence-corrected chi connectivity index (χ1v) is 6.75. The third-order valence-electron chi connectivity index (χ3n) is 4.20. The Labute approximate surface area is 112 Å². The summed E-state index contributed by atoms with van der Waals surface area (Å²) in [6, 6.07) is 9.56. The van der Waals surface area contributed by atoms with Gasteiger partial charge in [-0.15, -0.1) is 0 Å². The summed E-state index contributed by atoms with van der Waals surface area (Å²) in [5.41, 5.74) is 1.50. The normalized spacial score (nSPS) is 25.1. The molecule has 3 rings (SSSR count). The molecule has 0 aliphatic carbocycles. The highest BCUT2D eigenvalue weighted by Crippen LogP contribution is 2.36. The van der Waals surface area contributed by atoms with Crippen LogP contribution in [0.4, 0.5) is 0 Å². The minimum absolute atomic E-state index is 0.0762. The quantitative estimate of drug-likeness (QED) is 0.778. The molecule has 0 saturated carbocycles. The highest BCUT2D eigenvalue weighted by atomic mass is 16.1. The molecule has 2 heterocycles. The summed E-state index contributed by atoms with van der Waals surface area (Å²) in [4.78, 5) is 26.2. The molecule has 3 nitrogen and oxygen atoms in total. The summed E-state index contributed by atoms with van der Waals surface area (Å²) in [6.45, 7) is 2.48. The van der Waals surface area contributed by atoms with Crippen molar-refractivity contribution in [1.29, 1.82) is 0 Å². The van der Waals surface area contributed by atoms with Crippen molar-refractivity contribution >= 4 is 11.6 Å². The molecule has 2 atom stereocenters. The van der Waals surface area contributed by atoms with Crippen LogP contribution < -0.4 is 0 Å². The second-order valence-electron chi connectivity index (χ2n) is 5.29. The van der Waals surface area contributed by atoms with E-state index in [4.69, 9.17) is 0 Å². The maximum absolute atomic E-state index is 12.5. The fourth-order valence-corrected chi connectivity index (χ4v) is 3.23. The largest absolute Gasteiger partial charge is 0.365 e. The molecule has 1 aromatic rings. The Hall–Kier alpha value is -1.90. The molecule has 98 valence electrons. The monoisotopic (exact) mass is 255 g/mol. The minimum Gasteiger partial charge on any atom is -0.365 e. The Morgan fingerprint density at radius 1 is 1.21 bits per heavy atom. The van der Waals surface area contributed by atoms with Crippen LogP contribution in [0, 0.1) is 5.92 Å². The van der Waals surface area contributed by atoms with Crippen LogP contribution >= 0.6 is 0 Å². The summed E-state index contributed by atoms with van der Waals surface area (Å²) < 4.78 is 0. The van der Waals surface area contributed by atoms with Crippen molar-refractivity contribution in [2.75, 3.05) is 6.54 Å². The predicted octanol–water partition coefficient (Wildman–Crippen LogP) is 2.44. The van der Waals surface area contributed by atoms with Gasteiger partial charge >= 0.3 is 0 Å². The number of hydrogen-bond donors (Lipinski definition) is 0. The molecule has 0 radical (unpaired) electrons. The first-order valence-electron chi connectivity index (χ1n) is 6.75. The molecule has 0 amide bonds. The van der Waals surface area contributed by atoms with Gasteiger partial charge in [0.2, 0.25) is 5.78 Å². The zero-order valence-corrected chi connectivity index (χ0v) is 11.0. The van der Waals surface area contributed by atoms with Crippen LogP contribution in [0.5, 0.6) is 0 Å². The number of benzene rings is 1. The molecule has 2 aliphatic rings. The van der Waals surface area contributed by atoms with E-state index in [-0.39, 0.29) is 23.5 Å². The van der Waals surface area contributed by atoms with E-state index in [1.165, 1.54) is 0 Å².